The molecule has 0 saturated heterocycles. The highest BCUT2D eigenvalue weighted by Gasteiger charge is 2.31. The van der Waals surface area contributed by atoms with Crippen LogP contribution in [0.25, 0.3) is 11.1 Å². The highest BCUT2D eigenvalue weighted by atomic mass is 32.2. The molecule has 9 heteroatoms. The molecule has 1 N–H and O–H groups in total. The number of benzene rings is 3. The first-order valence-corrected chi connectivity index (χ1v) is 10.0. The van der Waals surface area contributed by atoms with Crippen molar-refractivity contribution in [2.24, 2.45) is 0 Å². The molecule has 5 nitrogen and oxygen atoms in total. The van der Waals surface area contributed by atoms with E-state index >= 15 is 0 Å². The van der Waals surface area contributed by atoms with Gasteiger partial charge < -0.3 is 9.84 Å². The molecule has 0 fully saturated rings. The number of halogens is 3. The van der Waals surface area contributed by atoms with Gasteiger partial charge in [-0.2, -0.15) is 0 Å². The lowest BCUT2D eigenvalue weighted by atomic mass is 10.1. The molecule has 0 aliphatic rings. The van der Waals surface area contributed by atoms with E-state index < -0.39 is 27.9 Å². The average Bonchev–Trinajstić information content (AvgIpc) is 2.67. The van der Waals surface area contributed by atoms with Crippen LogP contribution in [0, 0.1) is 0 Å². The number of rotatable bonds is 6. The third-order valence-corrected chi connectivity index (χ3v) is 5.86. The van der Waals surface area contributed by atoms with Crippen molar-refractivity contribution in [3.63, 3.8) is 0 Å². The quantitative estimate of drug-likeness (QED) is 0.605. The molecule has 0 aliphatic heterocycles. The van der Waals surface area contributed by atoms with E-state index in [1.165, 1.54) is 54.6 Å². The minimum Gasteiger partial charge on any atom is -0.481 e. The van der Waals surface area contributed by atoms with Crippen molar-refractivity contribution < 1.29 is 36.2 Å². The Morgan fingerprint density at radius 2 is 1.43 bits per heavy atom. The zero-order valence-corrected chi connectivity index (χ0v) is 16.1. The standard InChI is InChI=1S/C21H15F3O5S/c22-21(23,24)29-17-7-2-5-15(12-17)16-6-3-9-19(13-16)30(27,28)18-8-1-4-14(10-18)11-20(25)26/h1-10,12-13H,11H2,(H,25,26). The second kappa shape index (κ2) is 8.19. The summed E-state index contributed by atoms with van der Waals surface area (Å²) in [5.41, 5.74) is 1.05. The summed E-state index contributed by atoms with van der Waals surface area (Å²) in [5.74, 6) is -1.51. The summed E-state index contributed by atoms with van der Waals surface area (Å²) < 4.78 is 67.3. The molecule has 156 valence electrons. The number of ether oxygens (including phenoxy) is 1. The number of hydrogen-bond donors (Lipinski definition) is 1. The third kappa shape index (κ3) is 5.18. The van der Waals surface area contributed by atoms with Crippen molar-refractivity contribution in [3.05, 3.63) is 78.4 Å². The Kier molecular flexibility index (Phi) is 5.84. The van der Waals surface area contributed by atoms with Gasteiger partial charge in [0.15, 0.2) is 0 Å². The molecular weight excluding hydrogens is 421 g/mol. The summed E-state index contributed by atoms with van der Waals surface area (Å²) in [6.45, 7) is 0. The highest BCUT2D eigenvalue weighted by molar-refractivity contribution is 7.91. The topological polar surface area (TPSA) is 80.7 Å². The van der Waals surface area contributed by atoms with E-state index in [9.17, 15) is 26.4 Å². The van der Waals surface area contributed by atoms with Gasteiger partial charge in [0.05, 0.1) is 16.2 Å². The van der Waals surface area contributed by atoms with Gasteiger partial charge in [0.1, 0.15) is 5.75 Å². The molecule has 0 saturated carbocycles. The molecule has 0 radical (unpaired) electrons. The Hall–Kier alpha value is -3.33. The molecule has 0 aromatic heterocycles. The lowest BCUT2D eigenvalue weighted by Crippen LogP contribution is -2.17. The lowest BCUT2D eigenvalue weighted by Gasteiger charge is -2.11. The van der Waals surface area contributed by atoms with Crippen molar-refractivity contribution in [1.82, 2.24) is 0 Å². The number of sulfone groups is 1. The second-order valence-electron chi connectivity index (χ2n) is 6.32. The van der Waals surface area contributed by atoms with E-state index in [0.29, 0.717) is 16.7 Å². The second-order valence-corrected chi connectivity index (χ2v) is 8.27. The Balaban J connectivity index is 1.97. The summed E-state index contributed by atoms with van der Waals surface area (Å²) in [4.78, 5) is 10.7. The Labute approximate surface area is 170 Å². The van der Waals surface area contributed by atoms with Crippen molar-refractivity contribution in [3.8, 4) is 16.9 Å². The van der Waals surface area contributed by atoms with Crippen LogP contribution in [0.3, 0.4) is 0 Å². The molecule has 3 aromatic carbocycles. The minimum absolute atomic E-state index is 0.0744. The fraction of sp³-hybridized carbons (Fsp3) is 0.0952. The third-order valence-electron chi connectivity index (χ3n) is 4.11. The molecule has 0 bridgehead atoms. The van der Waals surface area contributed by atoms with Gasteiger partial charge in [0.2, 0.25) is 9.84 Å². The number of aliphatic carboxylic acids is 1. The van der Waals surface area contributed by atoms with Crippen LogP contribution in [0.5, 0.6) is 5.75 Å². The summed E-state index contributed by atoms with van der Waals surface area (Å²) in [5, 5.41) is 8.90. The molecule has 0 atom stereocenters. The van der Waals surface area contributed by atoms with Crippen LogP contribution in [-0.2, 0) is 21.1 Å². The van der Waals surface area contributed by atoms with Crippen LogP contribution >= 0.6 is 0 Å². The first kappa shape index (κ1) is 21.4. The molecule has 30 heavy (non-hydrogen) atoms. The summed E-state index contributed by atoms with van der Waals surface area (Å²) in [7, 11) is -3.97. The smallest absolute Gasteiger partial charge is 0.481 e. The number of carbonyl (C=O) groups is 1. The summed E-state index contributed by atoms with van der Waals surface area (Å²) >= 11 is 0. The van der Waals surface area contributed by atoms with E-state index in [0.717, 1.165) is 12.1 Å². The van der Waals surface area contributed by atoms with Crippen LogP contribution in [0.15, 0.2) is 82.6 Å². The van der Waals surface area contributed by atoms with Crippen molar-refractivity contribution in [2.75, 3.05) is 0 Å². The molecule has 3 rings (SSSR count). The predicted molar refractivity (Wildman–Crippen MR) is 102 cm³/mol. The molecular formula is C21H15F3O5S. The Bertz CT molecular complexity index is 1190. The van der Waals surface area contributed by atoms with E-state index in [4.69, 9.17) is 5.11 Å². The first-order chi connectivity index (χ1) is 14.0. The normalized spacial score (nSPS) is 11.8. The Morgan fingerprint density at radius 1 is 0.867 bits per heavy atom. The van der Waals surface area contributed by atoms with Crippen LogP contribution in [0.2, 0.25) is 0 Å². The molecule has 0 unspecified atom stereocenters. The van der Waals surface area contributed by atoms with Crippen molar-refractivity contribution in [1.29, 1.82) is 0 Å². The number of carboxylic acids is 1. The van der Waals surface area contributed by atoms with Crippen LogP contribution in [0.1, 0.15) is 5.56 Å². The van der Waals surface area contributed by atoms with Crippen LogP contribution in [0.4, 0.5) is 13.2 Å². The first-order valence-electron chi connectivity index (χ1n) is 8.57. The van der Waals surface area contributed by atoms with Crippen LogP contribution in [-0.4, -0.2) is 25.9 Å². The van der Waals surface area contributed by atoms with E-state index in [-0.39, 0.29) is 16.2 Å². The molecule has 0 aliphatic carbocycles. The predicted octanol–water partition coefficient (Wildman–Crippen LogP) is 4.71. The zero-order chi connectivity index (χ0) is 21.9. The molecule has 0 amide bonds. The van der Waals surface area contributed by atoms with Crippen molar-refractivity contribution in [2.45, 2.75) is 22.6 Å². The minimum atomic E-state index is -4.84. The summed E-state index contributed by atoms with van der Waals surface area (Å²) in [6.07, 6.45) is -5.17. The van der Waals surface area contributed by atoms with Gasteiger partial charge in [-0.1, -0.05) is 36.4 Å². The monoisotopic (exact) mass is 436 g/mol. The van der Waals surface area contributed by atoms with Gasteiger partial charge in [-0.25, -0.2) is 8.42 Å². The maximum Gasteiger partial charge on any atom is 0.573 e. The molecule has 0 heterocycles. The lowest BCUT2D eigenvalue weighted by molar-refractivity contribution is -0.274. The van der Waals surface area contributed by atoms with Gasteiger partial charge in [0, 0.05) is 0 Å². The van der Waals surface area contributed by atoms with Gasteiger partial charge in [0.25, 0.3) is 0 Å². The molecule has 3 aromatic rings. The number of carboxylic acid groups (broad SMARTS) is 1. The largest absolute Gasteiger partial charge is 0.573 e. The zero-order valence-electron chi connectivity index (χ0n) is 15.3. The van der Waals surface area contributed by atoms with Gasteiger partial charge in [-0.15, -0.1) is 13.2 Å². The average molecular weight is 436 g/mol. The SMILES string of the molecule is O=C(O)Cc1cccc(S(=O)(=O)c2cccc(-c3cccc(OC(F)(F)F)c3)c2)c1. The van der Waals surface area contributed by atoms with E-state index in [1.54, 1.807) is 6.07 Å². The van der Waals surface area contributed by atoms with E-state index in [1.807, 2.05) is 0 Å². The number of alkyl halides is 3. The Morgan fingerprint density at radius 3 is 2.07 bits per heavy atom. The van der Waals surface area contributed by atoms with Gasteiger partial charge in [-0.3, -0.25) is 4.79 Å². The maximum absolute atomic E-state index is 13.0. The number of hydrogen-bond acceptors (Lipinski definition) is 4. The molecule has 0 spiro atoms. The van der Waals surface area contributed by atoms with Gasteiger partial charge >= 0.3 is 12.3 Å². The van der Waals surface area contributed by atoms with Crippen molar-refractivity contribution >= 4 is 15.8 Å². The van der Waals surface area contributed by atoms with E-state index in [2.05, 4.69) is 4.74 Å². The van der Waals surface area contributed by atoms with Gasteiger partial charge in [-0.05, 0) is 53.1 Å². The maximum atomic E-state index is 13.0. The fourth-order valence-electron chi connectivity index (χ4n) is 2.85. The van der Waals surface area contributed by atoms with Crippen LogP contribution < -0.4 is 4.74 Å². The summed E-state index contributed by atoms with van der Waals surface area (Å²) in [6, 6.07) is 16.5. The highest BCUT2D eigenvalue weighted by Crippen LogP contribution is 2.30. The fourth-order valence-corrected chi connectivity index (χ4v) is 4.23.